The Morgan fingerprint density at radius 2 is 1.42 bits per heavy atom. The number of fused-ring (bicyclic) bond motifs is 6. The van der Waals surface area contributed by atoms with E-state index in [0.717, 1.165) is 4.47 Å². The number of carbonyl (C=O) groups is 1. The molecule has 6 heteroatoms. The van der Waals surface area contributed by atoms with E-state index in [2.05, 4.69) is 15.9 Å². The summed E-state index contributed by atoms with van der Waals surface area (Å²) < 4.78 is 12.6. The van der Waals surface area contributed by atoms with E-state index < -0.39 is 11.6 Å². The molecular weight excluding hydrogens is 400 g/mol. The molecule has 0 unspecified atom stereocenters. The van der Waals surface area contributed by atoms with Gasteiger partial charge in [0.1, 0.15) is 23.0 Å². The number of esters is 1. The zero-order chi connectivity index (χ0) is 18.1. The summed E-state index contributed by atoms with van der Waals surface area (Å²) in [5.41, 5.74) is 1.16. The fourth-order valence-electron chi connectivity index (χ4n) is 3.67. The van der Waals surface area contributed by atoms with E-state index in [1.54, 1.807) is 24.3 Å². The van der Waals surface area contributed by atoms with Gasteiger partial charge in [-0.05, 0) is 42.5 Å². The van der Waals surface area contributed by atoms with Crippen molar-refractivity contribution in [3.8, 4) is 23.0 Å². The van der Waals surface area contributed by atoms with E-state index in [1.165, 1.54) is 24.3 Å². The lowest BCUT2D eigenvalue weighted by atomic mass is 9.77. The molecule has 26 heavy (non-hydrogen) atoms. The van der Waals surface area contributed by atoms with Gasteiger partial charge < -0.3 is 19.7 Å². The Kier molecular flexibility index (Phi) is 2.95. The highest BCUT2D eigenvalue weighted by atomic mass is 79.9. The molecule has 2 N–H and O–H groups in total. The van der Waals surface area contributed by atoms with Crippen LogP contribution < -0.4 is 4.74 Å². The smallest absolute Gasteiger partial charge is 0.340 e. The number of ether oxygens (including phenoxy) is 2. The summed E-state index contributed by atoms with van der Waals surface area (Å²) in [6.07, 6.45) is 0. The Bertz CT molecular complexity index is 1050. The number of benzene rings is 3. The molecule has 0 saturated heterocycles. The van der Waals surface area contributed by atoms with Crippen molar-refractivity contribution in [1.29, 1.82) is 0 Å². The van der Waals surface area contributed by atoms with Crippen LogP contribution in [0.4, 0.5) is 0 Å². The lowest BCUT2D eigenvalue weighted by molar-refractivity contribution is 0.0224. The van der Waals surface area contributed by atoms with E-state index in [1.807, 2.05) is 6.07 Å². The molecule has 2 aliphatic rings. The summed E-state index contributed by atoms with van der Waals surface area (Å²) in [5.74, 6) is 0.350. The summed E-state index contributed by atoms with van der Waals surface area (Å²) in [4.78, 5) is 12.6. The van der Waals surface area contributed by atoms with Crippen LogP contribution in [-0.4, -0.2) is 16.2 Å². The van der Waals surface area contributed by atoms with Crippen LogP contribution in [0.15, 0.2) is 59.1 Å². The minimum Gasteiger partial charge on any atom is -0.508 e. The number of phenolic OH excluding ortho intramolecular Hbond substituents is 2. The molecular formula is C20H11BrO5. The van der Waals surface area contributed by atoms with Gasteiger partial charge in [-0.1, -0.05) is 15.9 Å². The third-order valence-electron chi connectivity index (χ3n) is 4.74. The van der Waals surface area contributed by atoms with Gasteiger partial charge in [-0.25, -0.2) is 4.79 Å². The van der Waals surface area contributed by atoms with E-state index in [4.69, 9.17) is 9.47 Å². The minimum atomic E-state index is -1.21. The fourth-order valence-corrected chi connectivity index (χ4v) is 4.03. The van der Waals surface area contributed by atoms with Gasteiger partial charge in [0.05, 0.1) is 5.56 Å². The SMILES string of the molecule is O=C1OC2(c3ccc(O)cc3Oc3cc(O)ccc32)c2cc(Br)ccc21. The van der Waals surface area contributed by atoms with Crippen molar-refractivity contribution >= 4 is 21.9 Å². The molecule has 0 radical (unpaired) electrons. The maximum absolute atomic E-state index is 12.6. The predicted molar refractivity (Wildman–Crippen MR) is 95.7 cm³/mol. The van der Waals surface area contributed by atoms with Crippen LogP contribution in [0, 0.1) is 0 Å². The lowest BCUT2D eigenvalue weighted by Crippen LogP contribution is -2.32. The molecule has 3 aromatic rings. The van der Waals surface area contributed by atoms with Crippen molar-refractivity contribution in [2.75, 3.05) is 0 Å². The van der Waals surface area contributed by atoms with Crippen LogP contribution in [0.1, 0.15) is 27.0 Å². The molecule has 2 heterocycles. The first-order valence-corrected chi connectivity index (χ1v) is 8.66. The van der Waals surface area contributed by atoms with E-state index >= 15 is 0 Å². The predicted octanol–water partition coefficient (Wildman–Crippen LogP) is 4.43. The summed E-state index contributed by atoms with van der Waals surface area (Å²) in [6, 6.07) is 14.7. The first kappa shape index (κ1) is 15.3. The van der Waals surface area contributed by atoms with Crippen molar-refractivity contribution in [1.82, 2.24) is 0 Å². The van der Waals surface area contributed by atoms with Gasteiger partial charge in [-0.2, -0.15) is 0 Å². The summed E-state index contributed by atoms with van der Waals surface area (Å²) in [7, 11) is 0. The Hall–Kier alpha value is -2.99. The number of phenols is 2. The molecule has 1 spiro atoms. The molecule has 0 amide bonds. The van der Waals surface area contributed by atoms with Gasteiger partial charge in [0.2, 0.25) is 0 Å². The third-order valence-corrected chi connectivity index (χ3v) is 5.23. The van der Waals surface area contributed by atoms with Crippen LogP contribution in [0.25, 0.3) is 0 Å². The maximum atomic E-state index is 12.6. The van der Waals surface area contributed by atoms with Gasteiger partial charge in [0, 0.05) is 33.3 Å². The maximum Gasteiger partial charge on any atom is 0.340 e. The van der Waals surface area contributed by atoms with Crippen molar-refractivity contribution in [2.45, 2.75) is 5.60 Å². The Morgan fingerprint density at radius 3 is 2.04 bits per heavy atom. The van der Waals surface area contributed by atoms with Gasteiger partial charge >= 0.3 is 5.97 Å². The molecule has 0 atom stereocenters. The van der Waals surface area contributed by atoms with Gasteiger partial charge in [0.25, 0.3) is 0 Å². The quantitative estimate of drug-likeness (QED) is 0.536. The highest BCUT2D eigenvalue weighted by Gasteiger charge is 2.53. The molecule has 0 fully saturated rings. The van der Waals surface area contributed by atoms with Crippen LogP contribution in [0.5, 0.6) is 23.0 Å². The Labute approximate surface area is 156 Å². The summed E-state index contributed by atoms with van der Waals surface area (Å²) in [5, 5.41) is 19.7. The zero-order valence-corrected chi connectivity index (χ0v) is 14.8. The molecule has 0 aromatic heterocycles. The molecule has 3 aromatic carbocycles. The lowest BCUT2D eigenvalue weighted by Gasteiger charge is -2.36. The number of hydrogen-bond donors (Lipinski definition) is 2. The molecule has 128 valence electrons. The molecule has 0 bridgehead atoms. The van der Waals surface area contributed by atoms with Gasteiger partial charge in [-0.15, -0.1) is 0 Å². The minimum absolute atomic E-state index is 0.0290. The summed E-state index contributed by atoms with van der Waals surface area (Å²) in [6.45, 7) is 0. The first-order valence-electron chi connectivity index (χ1n) is 7.87. The Balaban J connectivity index is 1.92. The van der Waals surface area contributed by atoms with Crippen molar-refractivity contribution in [2.24, 2.45) is 0 Å². The average molecular weight is 411 g/mol. The van der Waals surface area contributed by atoms with Crippen LogP contribution in [0.3, 0.4) is 0 Å². The summed E-state index contributed by atoms with van der Waals surface area (Å²) >= 11 is 3.46. The van der Waals surface area contributed by atoms with E-state index in [-0.39, 0.29) is 11.5 Å². The molecule has 5 rings (SSSR count). The van der Waals surface area contributed by atoms with Gasteiger partial charge in [-0.3, -0.25) is 0 Å². The standard InChI is InChI=1S/C20H11BrO5/c21-10-1-4-13-16(7-10)20(26-19(13)24)14-5-2-11(22)8-17(14)25-18-9-12(23)3-6-15(18)20/h1-9,22-23H. The second-order valence-electron chi connectivity index (χ2n) is 6.22. The molecule has 0 saturated carbocycles. The molecule has 0 aliphatic carbocycles. The third kappa shape index (κ3) is 1.87. The topological polar surface area (TPSA) is 76.0 Å². The Morgan fingerprint density at radius 1 is 0.808 bits per heavy atom. The molecule has 5 nitrogen and oxygen atoms in total. The van der Waals surface area contributed by atoms with Crippen molar-refractivity contribution < 1.29 is 24.5 Å². The van der Waals surface area contributed by atoms with Crippen LogP contribution in [-0.2, 0) is 10.3 Å². The highest BCUT2D eigenvalue weighted by molar-refractivity contribution is 9.10. The van der Waals surface area contributed by atoms with E-state index in [0.29, 0.717) is 33.8 Å². The second-order valence-corrected chi connectivity index (χ2v) is 7.14. The normalized spacial score (nSPS) is 15.7. The first-order chi connectivity index (χ1) is 12.5. The zero-order valence-electron chi connectivity index (χ0n) is 13.2. The molecule has 2 aliphatic heterocycles. The van der Waals surface area contributed by atoms with Crippen LogP contribution >= 0.6 is 15.9 Å². The number of carbonyl (C=O) groups excluding carboxylic acids is 1. The monoisotopic (exact) mass is 410 g/mol. The fraction of sp³-hybridized carbons (Fsp3) is 0.0500. The second kappa shape index (κ2) is 5.02. The highest BCUT2D eigenvalue weighted by Crippen LogP contribution is 2.57. The number of halogens is 1. The average Bonchev–Trinajstić information content (AvgIpc) is 2.87. The van der Waals surface area contributed by atoms with Gasteiger partial charge in [0.15, 0.2) is 5.60 Å². The van der Waals surface area contributed by atoms with E-state index in [9.17, 15) is 15.0 Å². The van der Waals surface area contributed by atoms with Crippen molar-refractivity contribution in [3.05, 3.63) is 81.3 Å². The van der Waals surface area contributed by atoms with Crippen molar-refractivity contribution in [3.63, 3.8) is 0 Å². The number of rotatable bonds is 0. The number of aromatic hydroxyl groups is 2. The largest absolute Gasteiger partial charge is 0.508 e. The van der Waals surface area contributed by atoms with Crippen LogP contribution in [0.2, 0.25) is 0 Å². The number of hydrogen-bond acceptors (Lipinski definition) is 5.